The van der Waals surface area contributed by atoms with Crippen LogP contribution in [0.15, 0.2) is 43.0 Å². The van der Waals surface area contributed by atoms with Crippen LogP contribution < -0.4 is 11.5 Å². The summed E-state index contributed by atoms with van der Waals surface area (Å²) < 4.78 is 15.4. The van der Waals surface area contributed by atoms with Gasteiger partial charge >= 0.3 is 0 Å². The summed E-state index contributed by atoms with van der Waals surface area (Å²) in [7, 11) is 0. The molecule has 35 heavy (non-hydrogen) atoms. The number of benzene rings is 1. The van der Waals surface area contributed by atoms with Gasteiger partial charge in [-0.1, -0.05) is 6.07 Å². The highest BCUT2D eigenvalue weighted by atomic mass is 16.8. The monoisotopic (exact) mass is 471 g/mol. The fraction of sp³-hybridized carbons (Fsp3) is 0.462. The van der Waals surface area contributed by atoms with E-state index in [1.54, 1.807) is 12.5 Å². The lowest BCUT2D eigenvalue weighted by Gasteiger charge is -2.50. The Morgan fingerprint density at radius 2 is 1.97 bits per heavy atom. The van der Waals surface area contributed by atoms with Crippen molar-refractivity contribution >= 4 is 33.7 Å². The fourth-order valence-corrected chi connectivity index (χ4v) is 6.90. The van der Waals surface area contributed by atoms with E-state index in [9.17, 15) is 0 Å². The predicted molar refractivity (Wildman–Crippen MR) is 132 cm³/mol. The summed E-state index contributed by atoms with van der Waals surface area (Å²) >= 11 is 0. The molecular weight excluding hydrogens is 442 g/mol. The third-order valence-corrected chi connectivity index (χ3v) is 8.47. The molecule has 3 aromatic heterocycles. The third-order valence-electron chi connectivity index (χ3n) is 8.47. The molecule has 1 aromatic carbocycles. The first-order valence-corrected chi connectivity index (χ1v) is 12.3. The second-order valence-corrected chi connectivity index (χ2v) is 10.7. The van der Waals surface area contributed by atoms with Crippen molar-refractivity contribution in [2.24, 2.45) is 11.3 Å². The highest BCUT2D eigenvalue weighted by Gasteiger charge is 2.70. The molecular formula is C26H29N7O2. The van der Waals surface area contributed by atoms with Crippen LogP contribution in [0.25, 0.3) is 22.1 Å². The molecule has 2 saturated carbocycles. The number of nitrogens with two attached hydrogens (primary N) is 2. The van der Waals surface area contributed by atoms with E-state index in [-0.39, 0.29) is 23.7 Å². The Morgan fingerprint density at radius 3 is 2.80 bits per heavy atom. The van der Waals surface area contributed by atoms with Crippen molar-refractivity contribution < 1.29 is 9.47 Å². The van der Waals surface area contributed by atoms with Gasteiger partial charge in [0.25, 0.3) is 0 Å². The summed E-state index contributed by atoms with van der Waals surface area (Å²) in [6.07, 6.45) is 9.46. The van der Waals surface area contributed by atoms with E-state index in [1.807, 2.05) is 26.0 Å². The number of aryl methyl sites for hydroxylation is 1. The Balaban J connectivity index is 1.24. The van der Waals surface area contributed by atoms with Gasteiger partial charge in [-0.05, 0) is 69.2 Å². The summed E-state index contributed by atoms with van der Waals surface area (Å²) in [6.45, 7) is 4.04. The summed E-state index contributed by atoms with van der Waals surface area (Å²) in [5.74, 6) is 0.771. The average molecular weight is 472 g/mol. The van der Waals surface area contributed by atoms with Crippen molar-refractivity contribution in [1.29, 1.82) is 0 Å². The topological polar surface area (TPSA) is 127 Å². The smallest absolute Gasteiger partial charge is 0.163 e. The first-order chi connectivity index (χ1) is 16.8. The molecule has 7 rings (SSSR count). The molecule has 5 atom stereocenters. The maximum atomic E-state index is 6.62. The van der Waals surface area contributed by atoms with Gasteiger partial charge in [-0.3, -0.25) is 4.98 Å². The Kier molecular flexibility index (Phi) is 4.27. The second-order valence-electron chi connectivity index (χ2n) is 10.7. The van der Waals surface area contributed by atoms with Crippen LogP contribution in [-0.2, 0) is 15.9 Å². The van der Waals surface area contributed by atoms with Crippen molar-refractivity contribution in [3.63, 3.8) is 0 Å². The Morgan fingerprint density at radius 1 is 1.09 bits per heavy atom. The van der Waals surface area contributed by atoms with E-state index in [0.717, 1.165) is 47.8 Å². The molecule has 1 saturated heterocycles. The number of fused-ring (bicyclic) bond motifs is 5. The van der Waals surface area contributed by atoms with Crippen molar-refractivity contribution in [3.8, 4) is 0 Å². The van der Waals surface area contributed by atoms with Crippen LogP contribution in [0.4, 0.5) is 11.6 Å². The van der Waals surface area contributed by atoms with Crippen molar-refractivity contribution in [1.82, 2.24) is 24.5 Å². The molecule has 1 aliphatic heterocycles. The van der Waals surface area contributed by atoms with Crippen LogP contribution in [0.5, 0.6) is 0 Å². The molecule has 2 aliphatic carbocycles. The average Bonchev–Trinajstić information content (AvgIpc) is 3.42. The molecule has 0 spiro atoms. The Hall–Kier alpha value is -3.30. The highest BCUT2D eigenvalue weighted by molar-refractivity contribution is 5.86. The minimum atomic E-state index is -0.617. The molecule has 180 valence electrons. The number of hydrogen-bond donors (Lipinski definition) is 2. The number of ether oxygens (including phenoxy) is 2. The number of rotatable bonds is 4. The van der Waals surface area contributed by atoms with Gasteiger partial charge in [0.15, 0.2) is 5.79 Å². The minimum absolute atomic E-state index is 0.0356. The van der Waals surface area contributed by atoms with Gasteiger partial charge in [-0.25, -0.2) is 15.0 Å². The minimum Gasteiger partial charge on any atom is -0.383 e. The van der Waals surface area contributed by atoms with Crippen LogP contribution in [0, 0.1) is 11.3 Å². The van der Waals surface area contributed by atoms with Gasteiger partial charge < -0.3 is 25.5 Å². The summed E-state index contributed by atoms with van der Waals surface area (Å²) in [6, 6.07) is 8.45. The molecule has 3 aliphatic rings. The standard InChI is InChI=1S/C26H29N7O2/c1-25(2)34-21-20(33-10-7-15-23(28)30-13-31-24(15)33)16-6-9-26(16,22(21)35-25)8-5-14-3-4-17-18(11-14)32-19(27)12-29-17/h3-4,7,10-13,16,20-22H,5-6,8-9H2,1-2H3,(H2,27,32)(H2,28,30,31)/t16-,20-,21+,22+,26-/m1/s1. The van der Waals surface area contributed by atoms with Crippen LogP contribution >= 0.6 is 0 Å². The second kappa shape index (κ2) is 7.11. The molecule has 4 aromatic rings. The van der Waals surface area contributed by atoms with E-state index < -0.39 is 5.79 Å². The first kappa shape index (κ1) is 21.0. The van der Waals surface area contributed by atoms with Crippen LogP contribution in [-0.4, -0.2) is 42.5 Å². The molecule has 9 nitrogen and oxygen atoms in total. The van der Waals surface area contributed by atoms with Gasteiger partial charge in [0.1, 0.15) is 29.7 Å². The van der Waals surface area contributed by atoms with E-state index >= 15 is 0 Å². The normalized spacial score (nSPS) is 30.9. The van der Waals surface area contributed by atoms with Crippen molar-refractivity contribution in [2.75, 3.05) is 11.5 Å². The number of nitrogens with zero attached hydrogens (tertiary/aromatic N) is 5. The molecule has 9 heteroatoms. The molecule has 4 N–H and O–H groups in total. The molecule has 3 fully saturated rings. The molecule has 4 heterocycles. The summed E-state index contributed by atoms with van der Waals surface area (Å²) in [5, 5.41) is 0.885. The number of nitrogen functional groups attached to an aromatic ring is 2. The lowest BCUT2D eigenvalue weighted by molar-refractivity contribution is -0.192. The van der Waals surface area contributed by atoms with Crippen LogP contribution in [0.3, 0.4) is 0 Å². The van der Waals surface area contributed by atoms with E-state index in [0.29, 0.717) is 17.6 Å². The fourth-order valence-electron chi connectivity index (χ4n) is 6.90. The number of anilines is 2. The zero-order valence-corrected chi connectivity index (χ0v) is 19.9. The van der Waals surface area contributed by atoms with E-state index in [2.05, 4.69) is 42.8 Å². The lowest BCUT2D eigenvalue weighted by Crippen LogP contribution is -2.47. The molecule has 0 radical (unpaired) electrons. The number of hydrogen-bond acceptors (Lipinski definition) is 8. The van der Waals surface area contributed by atoms with Crippen LogP contribution in [0.1, 0.15) is 44.7 Å². The summed E-state index contributed by atoms with van der Waals surface area (Å²) in [4.78, 5) is 17.6. The van der Waals surface area contributed by atoms with Gasteiger partial charge in [-0.2, -0.15) is 0 Å². The predicted octanol–water partition coefficient (Wildman–Crippen LogP) is 3.64. The van der Waals surface area contributed by atoms with E-state index in [4.69, 9.17) is 20.9 Å². The molecule has 0 unspecified atom stereocenters. The molecule has 0 amide bonds. The molecule has 0 bridgehead atoms. The first-order valence-electron chi connectivity index (χ1n) is 12.3. The Bertz CT molecular complexity index is 1470. The Labute approximate surface area is 202 Å². The SMILES string of the molecule is CC1(C)O[C@H]2[C@H](n3ccc4c(N)ncnc43)[C@H]3CC[C@@]3(CCc3ccc4ncc(N)nc4c3)[C@H]2O1. The largest absolute Gasteiger partial charge is 0.383 e. The zero-order valence-electron chi connectivity index (χ0n) is 19.9. The van der Waals surface area contributed by atoms with Crippen molar-refractivity contribution in [3.05, 3.63) is 48.5 Å². The highest BCUT2D eigenvalue weighted by Crippen LogP contribution is 2.68. The zero-order chi connectivity index (χ0) is 23.9. The van der Waals surface area contributed by atoms with E-state index in [1.165, 1.54) is 5.56 Å². The van der Waals surface area contributed by atoms with Crippen molar-refractivity contribution in [2.45, 2.75) is 63.6 Å². The number of aromatic nitrogens is 5. The van der Waals surface area contributed by atoms with Gasteiger partial charge in [-0.15, -0.1) is 0 Å². The lowest BCUT2D eigenvalue weighted by atomic mass is 9.58. The van der Waals surface area contributed by atoms with Gasteiger partial charge in [0.2, 0.25) is 0 Å². The summed E-state index contributed by atoms with van der Waals surface area (Å²) in [5.41, 5.74) is 15.9. The van der Waals surface area contributed by atoms with Gasteiger partial charge in [0.05, 0.1) is 34.8 Å². The van der Waals surface area contributed by atoms with Gasteiger partial charge in [0, 0.05) is 11.6 Å². The quantitative estimate of drug-likeness (QED) is 0.462. The third kappa shape index (κ3) is 3.01. The maximum absolute atomic E-state index is 6.62. The van der Waals surface area contributed by atoms with Crippen LogP contribution in [0.2, 0.25) is 0 Å². The maximum Gasteiger partial charge on any atom is 0.163 e.